The lowest BCUT2D eigenvalue weighted by Crippen LogP contribution is -2.15. The molecule has 1 aromatic heterocycles. The summed E-state index contributed by atoms with van der Waals surface area (Å²) in [5.41, 5.74) is 2.31. The number of carbonyl (C=O) groups is 1. The van der Waals surface area contributed by atoms with Crippen molar-refractivity contribution in [2.45, 2.75) is 6.42 Å². The highest BCUT2D eigenvalue weighted by atomic mass is 16.5. The largest absolute Gasteiger partial charge is 0.496 e. The summed E-state index contributed by atoms with van der Waals surface area (Å²) in [6.07, 6.45) is 0.883. The van der Waals surface area contributed by atoms with Crippen LogP contribution in [0.1, 0.15) is 16.1 Å². The van der Waals surface area contributed by atoms with Crippen LogP contribution in [0.3, 0.4) is 0 Å². The van der Waals surface area contributed by atoms with E-state index >= 15 is 0 Å². The molecule has 21 heavy (non-hydrogen) atoms. The number of ether oxygens (including phenoxy) is 1. The van der Waals surface area contributed by atoms with Crippen molar-refractivity contribution < 1.29 is 19.2 Å². The first kappa shape index (κ1) is 15.1. The Balaban J connectivity index is 2.34. The zero-order valence-corrected chi connectivity index (χ0v) is 12.3. The molecule has 0 spiro atoms. The Morgan fingerprint density at radius 3 is 2.71 bits per heavy atom. The van der Waals surface area contributed by atoms with Gasteiger partial charge in [0.15, 0.2) is 0 Å². The molecule has 0 saturated carbocycles. The summed E-state index contributed by atoms with van der Waals surface area (Å²) >= 11 is 0. The molecule has 0 bridgehead atoms. The van der Waals surface area contributed by atoms with E-state index in [1.165, 1.54) is 6.07 Å². The Morgan fingerprint density at radius 2 is 2.14 bits per heavy atom. The molecule has 2 rings (SSSR count). The van der Waals surface area contributed by atoms with Crippen LogP contribution >= 0.6 is 0 Å². The number of methoxy groups -OCH3 is 1. The summed E-state index contributed by atoms with van der Waals surface area (Å²) < 4.78 is 10.1. The molecule has 2 aromatic rings. The van der Waals surface area contributed by atoms with Crippen molar-refractivity contribution in [1.82, 2.24) is 10.1 Å². The lowest BCUT2D eigenvalue weighted by molar-refractivity contribution is 0.0652. The van der Waals surface area contributed by atoms with Crippen LogP contribution in [0.4, 0.5) is 0 Å². The van der Waals surface area contributed by atoms with E-state index in [-0.39, 0.29) is 5.76 Å². The molecule has 1 heterocycles. The van der Waals surface area contributed by atoms with E-state index < -0.39 is 5.97 Å². The number of hydrogen-bond acceptors (Lipinski definition) is 5. The third-order valence-corrected chi connectivity index (χ3v) is 3.11. The van der Waals surface area contributed by atoms with Gasteiger partial charge in [-0.3, -0.25) is 0 Å². The first-order valence-corrected chi connectivity index (χ1v) is 6.53. The normalized spacial score (nSPS) is 10.9. The van der Waals surface area contributed by atoms with E-state index in [0.29, 0.717) is 11.4 Å². The third-order valence-electron chi connectivity index (χ3n) is 3.11. The summed E-state index contributed by atoms with van der Waals surface area (Å²) in [6, 6.07) is 7.20. The van der Waals surface area contributed by atoms with E-state index in [2.05, 4.69) is 10.1 Å². The van der Waals surface area contributed by atoms with Crippen molar-refractivity contribution in [1.29, 1.82) is 0 Å². The van der Waals surface area contributed by atoms with Gasteiger partial charge >= 0.3 is 5.97 Å². The highest BCUT2D eigenvalue weighted by Gasteiger charge is 2.16. The molecule has 0 fully saturated rings. The number of likely N-dealkylation sites (N-methyl/N-ethyl adjacent to an activating group) is 1. The van der Waals surface area contributed by atoms with Crippen LogP contribution in [0.15, 0.2) is 28.8 Å². The maximum absolute atomic E-state index is 10.9. The number of rotatable bonds is 6. The summed E-state index contributed by atoms with van der Waals surface area (Å²) in [6.45, 7) is 0.922. The van der Waals surface area contributed by atoms with Gasteiger partial charge < -0.3 is 19.3 Å². The second-order valence-corrected chi connectivity index (χ2v) is 4.97. The van der Waals surface area contributed by atoms with Gasteiger partial charge in [-0.05, 0) is 38.2 Å². The zero-order chi connectivity index (χ0) is 15.4. The maximum Gasteiger partial charge on any atom is 0.374 e. The van der Waals surface area contributed by atoms with Gasteiger partial charge in [0.25, 0.3) is 0 Å². The molecule has 0 saturated heterocycles. The zero-order valence-electron chi connectivity index (χ0n) is 12.3. The van der Waals surface area contributed by atoms with Crippen LogP contribution in [0.2, 0.25) is 0 Å². The van der Waals surface area contributed by atoms with Crippen LogP contribution in [-0.2, 0) is 6.42 Å². The number of aromatic nitrogens is 1. The van der Waals surface area contributed by atoms with Crippen LogP contribution < -0.4 is 4.74 Å². The lowest BCUT2D eigenvalue weighted by Gasteiger charge is -2.11. The Labute approximate surface area is 122 Å². The Kier molecular flexibility index (Phi) is 4.59. The van der Waals surface area contributed by atoms with E-state index in [1.54, 1.807) is 7.11 Å². The highest BCUT2D eigenvalue weighted by Crippen LogP contribution is 2.30. The fourth-order valence-corrected chi connectivity index (χ4v) is 1.97. The van der Waals surface area contributed by atoms with Gasteiger partial charge in [0, 0.05) is 18.2 Å². The number of nitrogens with zero attached hydrogens (tertiary/aromatic N) is 2. The van der Waals surface area contributed by atoms with Gasteiger partial charge in [-0.1, -0.05) is 11.2 Å². The molecule has 1 N–H and O–H groups in total. The molecular weight excluding hydrogens is 272 g/mol. The molecule has 0 aliphatic heterocycles. The molecule has 6 heteroatoms. The number of hydrogen-bond donors (Lipinski definition) is 1. The minimum absolute atomic E-state index is 0.189. The summed E-state index contributed by atoms with van der Waals surface area (Å²) in [4.78, 5) is 13.0. The van der Waals surface area contributed by atoms with Gasteiger partial charge in [-0.15, -0.1) is 0 Å². The monoisotopic (exact) mass is 290 g/mol. The van der Waals surface area contributed by atoms with E-state index in [4.69, 9.17) is 14.4 Å². The summed E-state index contributed by atoms with van der Waals surface area (Å²) in [5.74, 6) is -0.698. The Hall–Kier alpha value is -2.34. The van der Waals surface area contributed by atoms with Crippen LogP contribution in [-0.4, -0.2) is 48.9 Å². The first-order valence-electron chi connectivity index (χ1n) is 6.53. The molecule has 1 aromatic carbocycles. The Bertz CT molecular complexity index is 634. The molecule has 0 amide bonds. The fraction of sp³-hybridized carbons (Fsp3) is 0.333. The average Bonchev–Trinajstić information content (AvgIpc) is 2.94. The molecule has 0 aliphatic rings. The second kappa shape index (κ2) is 6.41. The fourth-order valence-electron chi connectivity index (χ4n) is 1.97. The molecule has 6 nitrogen and oxygen atoms in total. The Morgan fingerprint density at radius 1 is 1.38 bits per heavy atom. The summed E-state index contributed by atoms with van der Waals surface area (Å²) in [7, 11) is 5.60. The first-order chi connectivity index (χ1) is 10.0. The highest BCUT2D eigenvalue weighted by molar-refractivity contribution is 5.86. The molecule has 0 unspecified atom stereocenters. The molecule has 112 valence electrons. The van der Waals surface area contributed by atoms with Crippen molar-refractivity contribution in [2.24, 2.45) is 0 Å². The van der Waals surface area contributed by atoms with Crippen molar-refractivity contribution in [3.05, 3.63) is 35.6 Å². The van der Waals surface area contributed by atoms with E-state index in [1.807, 2.05) is 32.3 Å². The van der Waals surface area contributed by atoms with Gasteiger partial charge in [-0.2, -0.15) is 0 Å². The second-order valence-electron chi connectivity index (χ2n) is 4.97. The SMILES string of the molecule is COc1ccc(CCN(C)C)cc1-c1cc(C(=O)O)on1. The van der Waals surface area contributed by atoms with Gasteiger partial charge in [0.2, 0.25) is 5.76 Å². The van der Waals surface area contributed by atoms with E-state index in [0.717, 1.165) is 24.1 Å². The minimum Gasteiger partial charge on any atom is -0.496 e. The molecule has 0 aliphatic carbocycles. The predicted molar refractivity (Wildman–Crippen MR) is 77.7 cm³/mol. The summed E-state index contributed by atoms with van der Waals surface area (Å²) in [5, 5.41) is 12.7. The maximum atomic E-state index is 10.9. The van der Waals surface area contributed by atoms with Gasteiger partial charge in [0.05, 0.1) is 7.11 Å². The van der Waals surface area contributed by atoms with Crippen molar-refractivity contribution >= 4 is 5.97 Å². The number of aromatic carboxylic acids is 1. The third kappa shape index (κ3) is 3.61. The molecule has 0 atom stereocenters. The predicted octanol–water partition coefficient (Wildman–Crippen LogP) is 2.15. The molecule has 0 radical (unpaired) electrons. The number of benzene rings is 1. The van der Waals surface area contributed by atoms with Gasteiger partial charge in [0.1, 0.15) is 11.4 Å². The average molecular weight is 290 g/mol. The topological polar surface area (TPSA) is 75.8 Å². The van der Waals surface area contributed by atoms with E-state index in [9.17, 15) is 4.79 Å². The van der Waals surface area contributed by atoms with Crippen LogP contribution in [0, 0.1) is 0 Å². The molecular formula is C15H18N2O4. The number of carboxylic acids is 1. The lowest BCUT2D eigenvalue weighted by atomic mass is 10.0. The standard InChI is InChI=1S/C15H18N2O4/c1-17(2)7-6-10-4-5-13(20-3)11(8-10)12-9-14(15(18)19)21-16-12/h4-5,8-9H,6-7H2,1-3H3,(H,18,19). The van der Waals surface area contributed by atoms with Crippen molar-refractivity contribution in [3.8, 4) is 17.0 Å². The van der Waals surface area contributed by atoms with Gasteiger partial charge in [-0.25, -0.2) is 4.79 Å². The quantitative estimate of drug-likeness (QED) is 0.878. The number of carboxylic acid groups (broad SMARTS) is 1. The van der Waals surface area contributed by atoms with Crippen LogP contribution in [0.25, 0.3) is 11.3 Å². The van der Waals surface area contributed by atoms with Crippen molar-refractivity contribution in [3.63, 3.8) is 0 Å². The van der Waals surface area contributed by atoms with Crippen molar-refractivity contribution in [2.75, 3.05) is 27.7 Å². The minimum atomic E-state index is -1.14. The van der Waals surface area contributed by atoms with Crippen LogP contribution in [0.5, 0.6) is 5.75 Å². The smallest absolute Gasteiger partial charge is 0.374 e.